The van der Waals surface area contributed by atoms with Gasteiger partial charge in [-0.2, -0.15) is 0 Å². The van der Waals surface area contributed by atoms with Crippen molar-refractivity contribution in [2.45, 2.75) is 20.3 Å². The van der Waals surface area contributed by atoms with Gasteiger partial charge in [0.1, 0.15) is 5.82 Å². The van der Waals surface area contributed by atoms with E-state index in [1.54, 1.807) is 0 Å². The van der Waals surface area contributed by atoms with Gasteiger partial charge in [0.25, 0.3) is 5.91 Å². The quantitative estimate of drug-likeness (QED) is 0.686. The van der Waals surface area contributed by atoms with Crippen LogP contribution in [-0.4, -0.2) is 30.9 Å². The molecular formula is C21H20BrFN2O4. The first-order valence-corrected chi connectivity index (χ1v) is 9.83. The maximum absolute atomic E-state index is 13.1. The molecule has 3 rings (SSSR count). The Morgan fingerprint density at radius 2 is 1.83 bits per heavy atom. The molecule has 6 nitrogen and oxygen atoms in total. The second-order valence-corrected chi connectivity index (χ2v) is 7.87. The Bertz CT molecular complexity index is 939. The van der Waals surface area contributed by atoms with E-state index in [0.717, 1.165) is 15.6 Å². The Labute approximate surface area is 176 Å². The van der Waals surface area contributed by atoms with Crippen LogP contribution in [0.4, 0.5) is 15.8 Å². The summed E-state index contributed by atoms with van der Waals surface area (Å²) in [5.41, 5.74) is 2.96. The first-order valence-electron chi connectivity index (χ1n) is 9.03. The smallest absolute Gasteiger partial charge is 0.311 e. The molecule has 0 spiro atoms. The summed E-state index contributed by atoms with van der Waals surface area (Å²) in [4.78, 5) is 38.1. The van der Waals surface area contributed by atoms with Gasteiger partial charge in [0, 0.05) is 28.8 Å². The van der Waals surface area contributed by atoms with Crippen LogP contribution in [0.2, 0.25) is 0 Å². The van der Waals surface area contributed by atoms with E-state index < -0.39 is 30.2 Å². The van der Waals surface area contributed by atoms with E-state index >= 15 is 0 Å². The highest BCUT2D eigenvalue weighted by molar-refractivity contribution is 9.10. The van der Waals surface area contributed by atoms with Crippen molar-refractivity contribution in [3.63, 3.8) is 0 Å². The number of hydrogen-bond donors (Lipinski definition) is 1. The third kappa shape index (κ3) is 5.00. The first-order chi connectivity index (χ1) is 13.7. The average Bonchev–Trinajstić information content (AvgIpc) is 3.05. The van der Waals surface area contributed by atoms with Gasteiger partial charge in [0.05, 0.1) is 5.92 Å². The predicted molar refractivity (Wildman–Crippen MR) is 110 cm³/mol. The van der Waals surface area contributed by atoms with Gasteiger partial charge in [-0.3, -0.25) is 14.4 Å². The lowest BCUT2D eigenvalue weighted by molar-refractivity contribution is -0.151. The maximum atomic E-state index is 13.1. The largest absolute Gasteiger partial charge is 0.455 e. The molecule has 1 atom stereocenters. The molecular weight excluding hydrogens is 443 g/mol. The molecule has 1 heterocycles. The Balaban J connectivity index is 1.55. The number of carbonyl (C=O) groups excluding carboxylic acids is 3. The van der Waals surface area contributed by atoms with Crippen LogP contribution >= 0.6 is 15.9 Å². The van der Waals surface area contributed by atoms with Gasteiger partial charge in [-0.05, 0) is 61.4 Å². The highest BCUT2D eigenvalue weighted by atomic mass is 79.9. The van der Waals surface area contributed by atoms with Crippen LogP contribution < -0.4 is 10.2 Å². The van der Waals surface area contributed by atoms with Crippen molar-refractivity contribution in [2.75, 3.05) is 23.4 Å². The fraction of sp³-hybridized carbons (Fsp3) is 0.286. The number of hydrogen-bond acceptors (Lipinski definition) is 4. The number of ether oxygens (including phenoxy) is 1. The zero-order chi connectivity index (χ0) is 21.1. The Kier molecular flexibility index (Phi) is 6.32. The fourth-order valence-electron chi connectivity index (χ4n) is 3.27. The molecule has 1 N–H and O–H groups in total. The van der Waals surface area contributed by atoms with Gasteiger partial charge in [-0.1, -0.05) is 15.9 Å². The summed E-state index contributed by atoms with van der Waals surface area (Å²) < 4.78 is 19.1. The van der Waals surface area contributed by atoms with Gasteiger partial charge >= 0.3 is 5.97 Å². The van der Waals surface area contributed by atoms with Crippen molar-refractivity contribution in [1.82, 2.24) is 0 Å². The highest BCUT2D eigenvalue weighted by Crippen LogP contribution is 2.27. The van der Waals surface area contributed by atoms with E-state index in [1.165, 1.54) is 29.2 Å². The van der Waals surface area contributed by atoms with E-state index in [2.05, 4.69) is 21.2 Å². The van der Waals surface area contributed by atoms with Crippen molar-refractivity contribution in [3.05, 3.63) is 57.8 Å². The minimum atomic E-state index is -0.670. The first kappa shape index (κ1) is 21.0. The average molecular weight is 463 g/mol. The van der Waals surface area contributed by atoms with E-state index in [1.807, 2.05) is 26.0 Å². The number of benzene rings is 2. The van der Waals surface area contributed by atoms with Crippen LogP contribution in [0.15, 0.2) is 40.9 Å². The summed E-state index contributed by atoms with van der Waals surface area (Å²) in [6, 6.07) is 9.23. The zero-order valence-corrected chi connectivity index (χ0v) is 17.6. The standard InChI is InChI=1S/C21H20BrFN2O4/c1-12-7-15(22)8-13(2)20(12)24-18(26)11-29-21(28)14-9-19(27)25(10-14)17-5-3-16(23)4-6-17/h3-8,14H,9-11H2,1-2H3,(H,24,26). The Hall–Kier alpha value is -2.74. The van der Waals surface area contributed by atoms with E-state index in [9.17, 15) is 18.8 Å². The Morgan fingerprint density at radius 1 is 1.21 bits per heavy atom. The van der Waals surface area contributed by atoms with Gasteiger partial charge in [0.15, 0.2) is 6.61 Å². The maximum Gasteiger partial charge on any atom is 0.311 e. The van der Waals surface area contributed by atoms with Gasteiger partial charge in [0.2, 0.25) is 5.91 Å². The molecule has 1 fully saturated rings. The molecule has 0 saturated carbocycles. The Morgan fingerprint density at radius 3 is 2.45 bits per heavy atom. The van der Waals surface area contributed by atoms with Crippen LogP contribution in [0, 0.1) is 25.6 Å². The number of anilines is 2. The third-order valence-electron chi connectivity index (χ3n) is 4.70. The molecule has 2 amide bonds. The number of halogens is 2. The molecule has 2 aromatic rings. The number of nitrogens with zero attached hydrogens (tertiary/aromatic N) is 1. The molecule has 152 valence electrons. The molecule has 2 aromatic carbocycles. The molecule has 0 aliphatic carbocycles. The van der Waals surface area contributed by atoms with Crippen LogP contribution in [0.25, 0.3) is 0 Å². The van der Waals surface area contributed by atoms with Gasteiger partial charge in [-0.25, -0.2) is 4.39 Å². The van der Waals surface area contributed by atoms with Crippen molar-refractivity contribution in [1.29, 1.82) is 0 Å². The summed E-state index contributed by atoms with van der Waals surface area (Å²) in [5, 5.41) is 2.75. The molecule has 1 saturated heterocycles. The van der Waals surface area contributed by atoms with E-state index in [-0.39, 0.29) is 18.9 Å². The fourth-order valence-corrected chi connectivity index (χ4v) is 3.96. The van der Waals surface area contributed by atoms with Crippen molar-refractivity contribution >= 4 is 45.1 Å². The van der Waals surface area contributed by atoms with Gasteiger partial charge < -0.3 is 15.0 Å². The summed E-state index contributed by atoms with van der Waals surface area (Å²) in [7, 11) is 0. The lowest BCUT2D eigenvalue weighted by Crippen LogP contribution is -2.28. The number of nitrogens with one attached hydrogen (secondary N) is 1. The molecule has 0 radical (unpaired) electrons. The van der Waals surface area contributed by atoms with Crippen molar-refractivity contribution < 1.29 is 23.5 Å². The number of esters is 1. The molecule has 0 bridgehead atoms. The minimum absolute atomic E-state index is 0.0112. The molecule has 8 heteroatoms. The summed E-state index contributed by atoms with van der Waals surface area (Å²) in [6.45, 7) is 3.44. The van der Waals surface area contributed by atoms with Crippen LogP contribution in [-0.2, 0) is 19.1 Å². The normalized spacial score (nSPS) is 16.1. The topological polar surface area (TPSA) is 75.7 Å². The summed E-state index contributed by atoms with van der Waals surface area (Å²) in [5.74, 6) is -2.38. The van der Waals surface area contributed by atoms with Crippen LogP contribution in [0.5, 0.6) is 0 Å². The second kappa shape index (κ2) is 8.73. The van der Waals surface area contributed by atoms with Gasteiger partial charge in [-0.15, -0.1) is 0 Å². The number of amides is 2. The summed E-state index contributed by atoms with van der Waals surface area (Å²) >= 11 is 3.40. The molecule has 29 heavy (non-hydrogen) atoms. The molecule has 1 aliphatic heterocycles. The SMILES string of the molecule is Cc1cc(Br)cc(C)c1NC(=O)COC(=O)C1CC(=O)N(c2ccc(F)cc2)C1. The number of rotatable bonds is 5. The van der Waals surface area contributed by atoms with E-state index in [4.69, 9.17) is 4.74 Å². The number of carbonyl (C=O) groups is 3. The highest BCUT2D eigenvalue weighted by Gasteiger charge is 2.36. The second-order valence-electron chi connectivity index (χ2n) is 6.95. The van der Waals surface area contributed by atoms with E-state index in [0.29, 0.717) is 11.4 Å². The molecule has 1 unspecified atom stereocenters. The molecule has 0 aromatic heterocycles. The summed E-state index contributed by atoms with van der Waals surface area (Å²) in [6.07, 6.45) is -0.0112. The lowest BCUT2D eigenvalue weighted by Gasteiger charge is -2.16. The molecule has 1 aliphatic rings. The third-order valence-corrected chi connectivity index (χ3v) is 5.16. The monoisotopic (exact) mass is 462 g/mol. The lowest BCUT2D eigenvalue weighted by atomic mass is 10.1. The van der Waals surface area contributed by atoms with Crippen LogP contribution in [0.3, 0.4) is 0 Å². The van der Waals surface area contributed by atoms with Crippen molar-refractivity contribution in [2.24, 2.45) is 5.92 Å². The predicted octanol–water partition coefficient (Wildman–Crippen LogP) is 3.74. The van der Waals surface area contributed by atoms with Crippen LogP contribution in [0.1, 0.15) is 17.5 Å². The van der Waals surface area contributed by atoms with Crippen molar-refractivity contribution in [3.8, 4) is 0 Å². The zero-order valence-electron chi connectivity index (χ0n) is 16.0. The number of aryl methyl sites for hydroxylation is 2. The minimum Gasteiger partial charge on any atom is -0.455 e.